The minimum Gasteiger partial charge on any atom is -0.394 e. The molecule has 0 aromatic heterocycles. The molecule has 83 heavy (non-hydrogen) atoms. The van der Waals surface area contributed by atoms with E-state index in [1.54, 1.807) is 6.08 Å². The van der Waals surface area contributed by atoms with E-state index in [0.717, 1.165) is 116 Å². The molecule has 0 aromatic rings. The first-order valence-electron chi connectivity index (χ1n) is 31.6. The van der Waals surface area contributed by atoms with Gasteiger partial charge in [-0.05, 0) is 103 Å². The van der Waals surface area contributed by atoms with E-state index in [0.29, 0.717) is 12.8 Å². The van der Waals surface area contributed by atoms with Crippen LogP contribution in [0.3, 0.4) is 0 Å². The number of hydrogen-bond donors (Lipinski definition) is 9. The minimum atomic E-state index is -1.80. The summed E-state index contributed by atoms with van der Waals surface area (Å²) in [5.41, 5.74) is 0. The molecule has 470 valence electrons. The van der Waals surface area contributed by atoms with Crippen molar-refractivity contribution in [3.05, 3.63) is 146 Å². The Morgan fingerprint density at radius 3 is 1.33 bits per heavy atom. The lowest BCUT2D eigenvalue weighted by Crippen LogP contribution is -2.65. The number of ether oxygens (including phenoxy) is 4. The Labute approximate surface area is 500 Å². The molecule has 2 heterocycles. The van der Waals surface area contributed by atoms with Crippen LogP contribution in [0.5, 0.6) is 0 Å². The molecule has 0 spiro atoms. The third-order valence-electron chi connectivity index (χ3n) is 14.3. The van der Waals surface area contributed by atoms with E-state index < -0.39 is 86.8 Å². The molecule has 0 bridgehead atoms. The molecule has 2 saturated heterocycles. The van der Waals surface area contributed by atoms with Crippen LogP contribution < -0.4 is 5.32 Å². The molecule has 2 fully saturated rings. The fraction of sp³-hybridized carbons (Fsp3) is 0.638. The van der Waals surface area contributed by atoms with Crippen molar-refractivity contribution in [3.8, 4) is 0 Å². The number of aliphatic hydroxyl groups is 8. The van der Waals surface area contributed by atoms with Crippen LogP contribution >= 0.6 is 0 Å². The molecule has 0 aromatic carbocycles. The molecule has 2 aliphatic rings. The topological polar surface area (TPSA) is 228 Å². The molecule has 14 heteroatoms. The van der Waals surface area contributed by atoms with Crippen LogP contribution in [-0.2, 0) is 23.7 Å². The van der Waals surface area contributed by atoms with Gasteiger partial charge in [-0.15, -0.1) is 0 Å². The van der Waals surface area contributed by atoms with Gasteiger partial charge in [0.1, 0.15) is 48.8 Å². The van der Waals surface area contributed by atoms with E-state index in [1.807, 2.05) is 6.08 Å². The van der Waals surface area contributed by atoms with E-state index in [2.05, 4.69) is 153 Å². The number of rotatable bonds is 48. The monoisotopic (exact) mass is 1160 g/mol. The maximum atomic E-state index is 13.2. The number of amides is 1. The molecular weight excluding hydrogens is 1050 g/mol. The van der Waals surface area contributed by atoms with E-state index in [4.69, 9.17) is 18.9 Å². The summed E-state index contributed by atoms with van der Waals surface area (Å²) in [4.78, 5) is 13.2. The van der Waals surface area contributed by atoms with Crippen molar-refractivity contribution in [1.82, 2.24) is 5.32 Å². The Morgan fingerprint density at radius 2 is 0.843 bits per heavy atom. The maximum absolute atomic E-state index is 13.2. The zero-order valence-electron chi connectivity index (χ0n) is 50.6. The molecule has 0 saturated carbocycles. The van der Waals surface area contributed by atoms with Crippen molar-refractivity contribution in [2.24, 2.45) is 0 Å². The van der Waals surface area contributed by atoms with Gasteiger partial charge in [0.2, 0.25) is 5.91 Å². The SMILES string of the molecule is CC/C=C\C/C=C\C/C=C\C/C=C\C/C=C\C/C=C\C/C=C\C/C=C\C/C=C\C/C=C\CCCCCCCCCCCCC(=O)NC(COC1OC(CO)C(OC2OC(CO)C(O)C(O)C2O)C(O)C1O)C(O)/C=C/CC/C=C/CCCC. The summed E-state index contributed by atoms with van der Waals surface area (Å²) in [7, 11) is 0. The average Bonchev–Trinajstić information content (AvgIpc) is 3.45. The highest BCUT2D eigenvalue weighted by Gasteiger charge is 2.51. The molecule has 0 radical (unpaired) electrons. The van der Waals surface area contributed by atoms with Crippen molar-refractivity contribution >= 4 is 5.91 Å². The number of carbonyl (C=O) groups is 1. The van der Waals surface area contributed by atoms with Crippen molar-refractivity contribution < 1.29 is 64.6 Å². The predicted molar refractivity (Wildman–Crippen MR) is 336 cm³/mol. The third kappa shape index (κ3) is 37.1. The number of unbranched alkanes of at least 4 members (excludes halogenated alkanes) is 13. The number of nitrogens with one attached hydrogen (secondary N) is 1. The van der Waals surface area contributed by atoms with Gasteiger partial charge in [-0.3, -0.25) is 4.79 Å². The van der Waals surface area contributed by atoms with Crippen LogP contribution in [0.2, 0.25) is 0 Å². The normalized spacial score (nSPS) is 24.8. The number of allylic oxidation sites excluding steroid dienone is 23. The van der Waals surface area contributed by atoms with E-state index >= 15 is 0 Å². The highest BCUT2D eigenvalue weighted by Crippen LogP contribution is 2.30. The zero-order chi connectivity index (χ0) is 60.2. The lowest BCUT2D eigenvalue weighted by atomic mass is 9.97. The minimum absolute atomic E-state index is 0.258. The van der Waals surface area contributed by atoms with Crippen LogP contribution in [-0.4, -0.2) is 140 Å². The van der Waals surface area contributed by atoms with Gasteiger partial charge in [0.15, 0.2) is 12.6 Å². The predicted octanol–water partition coefficient (Wildman–Crippen LogP) is 11.7. The Kier molecular flexibility index (Phi) is 47.2. The largest absolute Gasteiger partial charge is 0.394 e. The van der Waals surface area contributed by atoms with Gasteiger partial charge >= 0.3 is 0 Å². The lowest BCUT2D eigenvalue weighted by molar-refractivity contribution is -0.359. The van der Waals surface area contributed by atoms with Crippen molar-refractivity contribution in [2.75, 3.05) is 19.8 Å². The highest BCUT2D eigenvalue weighted by atomic mass is 16.7. The Hall–Kier alpha value is -4.13. The number of hydrogen-bond acceptors (Lipinski definition) is 13. The van der Waals surface area contributed by atoms with Gasteiger partial charge in [-0.25, -0.2) is 0 Å². The van der Waals surface area contributed by atoms with Crippen molar-refractivity contribution in [3.63, 3.8) is 0 Å². The first kappa shape index (κ1) is 75.0. The zero-order valence-corrected chi connectivity index (χ0v) is 50.6. The second-order valence-corrected chi connectivity index (χ2v) is 21.4. The Bertz CT molecular complexity index is 1950. The van der Waals surface area contributed by atoms with E-state index in [-0.39, 0.29) is 18.9 Å². The average molecular weight is 1160 g/mol. The van der Waals surface area contributed by atoms with Crippen LogP contribution in [0.1, 0.15) is 187 Å². The highest BCUT2D eigenvalue weighted by molar-refractivity contribution is 5.76. The van der Waals surface area contributed by atoms with Gasteiger partial charge in [0.05, 0.1) is 32.0 Å². The first-order chi connectivity index (χ1) is 40.6. The summed E-state index contributed by atoms with van der Waals surface area (Å²) in [5, 5.41) is 86.7. The van der Waals surface area contributed by atoms with Gasteiger partial charge in [0, 0.05) is 6.42 Å². The molecular formula is C69H111NO13. The van der Waals surface area contributed by atoms with Crippen LogP contribution in [0, 0.1) is 0 Å². The van der Waals surface area contributed by atoms with E-state index in [9.17, 15) is 45.6 Å². The molecule has 0 aliphatic carbocycles. The summed E-state index contributed by atoms with van der Waals surface area (Å²) in [6, 6.07) is -0.941. The fourth-order valence-corrected chi connectivity index (χ4v) is 9.20. The summed E-state index contributed by atoms with van der Waals surface area (Å²) >= 11 is 0. The summed E-state index contributed by atoms with van der Waals surface area (Å²) in [6.07, 6.45) is 62.3. The second kappa shape index (κ2) is 52.2. The Balaban J connectivity index is 1.57. The van der Waals surface area contributed by atoms with Gasteiger partial charge in [-0.1, -0.05) is 224 Å². The quantitative estimate of drug-likeness (QED) is 0.0204. The molecule has 12 unspecified atom stereocenters. The van der Waals surface area contributed by atoms with Crippen LogP contribution in [0.25, 0.3) is 0 Å². The second-order valence-electron chi connectivity index (χ2n) is 21.4. The van der Waals surface area contributed by atoms with Crippen molar-refractivity contribution in [1.29, 1.82) is 0 Å². The summed E-state index contributed by atoms with van der Waals surface area (Å²) in [5.74, 6) is -0.265. The maximum Gasteiger partial charge on any atom is 0.220 e. The van der Waals surface area contributed by atoms with E-state index in [1.165, 1.54) is 38.5 Å². The van der Waals surface area contributed by atoms with Gasteiger partial charge in [0.25, 0.3) is 0 Å². The molecule has 14 nitrogen and oxygen atoms in total. The molecule has 2 rings (SSSR count). The van der Waals surface area contributed by atoms with Crippen LogP contribution in [0.4, 0.5) is 0 Å². The summed E-state index contributed by atoms with van der Waals surface area (Å²) in [6.45, 7) is 2.54. The number of aliphatic hydroxyl groups excluding tert-OH is 8. The number of carbonyl (C=O) groups excluding carboxylic acids is 1. The van der Waals surface area contributed by atoms with Gasteiger partial charge < -0.3 is 65.1 Å². The first-order valence-corrected chi connectivity index (χ1v) is 31.6. The summed E-state index contributed by atoms with van der Waals surface area (Å²) < 4.78 is 22.7. The molecule has 12 atom stereocenters. The van der Waals surface area contributed by atoms with Crippen LogP contribution in [0.15, 0.2) is 146 Å². The standard InChI is InChI=1S/C69H111NO13/c1-3-5-7-9-11-13-14-15-16-17-18-19-20-21-22-23-24-25-26-27-28-29-30-31-32-33-34-35-36-37-38-39-40-41-42-43-44-45-47-49-51-53-61(74)70-57(58(73)52-50-48-46-12-10-8-6-4-2)56-80-68-66(79)64(77)67(60(55-72)82-68)83-69-65(78)63(76)62(75)59(54-71)81-69/h5,7,10-13,15-16,18-19,21-22,24-25,27-28,30-31,33-34,36-37,50,52,57-60,62-69,71-73,75-79H,3-4,6,8-9,14,17,20,23,26,29,32,35,38-49,51,53-56H2,1-2H3,(H,70,74)/b7-5-,12-10+,13-11-,16-15-,19-18-,22-21-,25-24-,28-27-,31-30-,34-33-,37-36-,52-50+. The molecule has 1 amide bonds. The lowest BCUT2D eigenvalue weighted by Gasteiger charge is -2.46. The smallest absolute Gasteiger partial charge is 0.220 e. The Morgan fingerprint density at radius 1 is 0.446 bits per heavy atom. The van der Waals surface area contributed by atoms with Gasteiger partial charge in [-0.2, -0.15) is 0 Å². The fourth-order valence-electron chi connectivity index (χ4n) is 9.20. The van der Waals surface area contributed by atoms with Crippen molar-refractivity contribution in [2.45, 2.75) is 261 Å². The molecule has 2 aliphatic heterocycles. The molecule has 9 N–H and O–H groups in total. The third-order valence-corrected chi connectivity index (χ3v) is 14.3.